The predicted molar refractivity (Wildman–Crippen MR) is 146 cm³/mol. The molecule has 0 aliphatic heterocycles. The molecule has 1 unspecified atom stereocenters. The first-order chi connectivity index (χ1) is 17.9. The summed E-state index contributed by atoms with van der Waals surface area (Å²) in [5.74, 6) is -0.354. The van der Waals surface area contributed by atoms with E-state index in [0.29, 0.717) is 45.8 Å². The van der Waals surface area contributed by atoms with Crippen molar-refractivity contribution in [3.8, 4) is 0 Å². The van der Waals surface area contributed by atoms with Crippen molar-refractivity contribution in [1.29, 1.82) is 0 Å². The minimum Gasteiger partial charge on any atom is -0.391 e. The van der Waals surface area contributed by atoms with E-state index in [1.165, 1.54) is 10.6 Å². The maximum absolute atomic E-state index is 15.5. The van der Waals surface area contributed by atoms with Crippen LogP contribution in [0, 0.1) is 18.2 Å². The number of aromatic nitrogens is 4. The number of aromatic amines is 1. The third-order valence-corrected chi connectivity index (χ3v) is 6.68. The molecule has 8 nitrogen and oxygen atoms in total. The summed E-state index contributed by atoms with van der Waals surface area (Å²) in [6, 6.07) is 4.85. The zero-order valence-electron chi connectivity index (χ0n) is 23.2. The molecular formula is C29H37FN4O4. The average Bonchev–Trinajstić information content (AvgIpc) is 3.28. The third kappa shape index (κ3) is 6.27. The number of rotatable bonds is 9. The Kier molecular flexibility index (Phi) is 9.04. The zero-order valence-corrected chi connectivity index (χ0v) is 23.2. The second kappa shape index (κ2) is 11.9. The molecule has 0 aliphatic rings. The van der Waals surface area contributed by atoms with Crippen molar-refractivity contribution >= 4 is 11.1 Å². The van der Waals surface area contributed by atoms with E-state index in [1.807, 2.05) is 34.6 Å². The van der Waals surface area contributed by atoms with E-state index in [0.717, 1.165) is 6.42 Å². The van der Waals surface area contributed by atoms with Gasteiger partial charge in [-0.05, 0) is 55.4 Å². The molecule has 3 rings (SSSR count). The van der Waals surface area contributed by atoms with Gasteiger partial charge in [0.2, 0.25) is 0 Å². The highest BCUT2D eigenvalue weighted by molar-refractivity contribution is 6.03. The van der Waals surface area contributed by atoms with Crippen LogP contribution in [0.15, 0.2) is 44.5 Å². The lowest BCUT2D eigenvalue weighted by Gasteiger charge is -2.27. The van der Waals surface area contributed by atoms with Crippen LogP contribution in [0.5, 0.6) is 0 Å². The van der Waals surface area contributed by atoms with Crippen LogP contribution in [0.4, 0.5) is 4.39 Å². The summed E-state index contributed by atoms with van der Waals surface area (Å²) < 4.78 is 21.6. The number of benzene rings is 1. The SMILES string of the molecule is C/C=C(\C(=C/C)c1noc(=O)[nH]1)c1ccc(Cc2c(CCC)nc(C)n(CC(O)C(C)(C)C)c2=O)c(F)c1. The number of nitrogens with zero attached hydrogens (tertiary/aromatic N) is 3. The average molecular weight is 525 g/mol. The number of nitrogens with one attached hydrogen (secondary N) is 1. The molecule has 0 fully saturated rings. The summed E-state index contributed by atoms with van der Waals surface area (Å²) in [6.45, 7) is 13.2. The minimum absolute atomic E-state index is 0.0808. The molecule has 38 heavy (non-hydrogen) atoms. The number of aryl methyl sites for hydroxylation is 2. The number of aliphatic hydroxyl groups is 1. The molecule has 0 bridgehead atoms. The molecule has 0 amide bonds. The highest BCUT2D eigenvalue weighted by Crippen LogP contribution is 2.30. The van der Waals surface area contributed by atoms with Gasteiger partial charge < -0.3 is 5.11 Å². The highest BCUT2D eigenvalue weighted by atomic mass is 19.1. The van der Waals surface area contributed by atoms with Gasteiger partial charge in [0, 0.05) is 17.6 Å². The van der Waals surface area contributed by atoms with E-state index < -0.39 is 23.1 Å². The molecule has 0 aliphatic carbocycles. The van der Waals surface area contributed by atoms with Gasteiger partial charge in [0.05, 0.1) is 18.3 Å². The van der Waals surface area contributed by atoms with E-state index in [2.05, 4.69) is 19.6 Å². The Morgan fingerprint density at radius 1 is 1.21 bits per heavy atom. The summed E-state index contributed by atoms with van der Waals surface area (Å²) in [5, 5.41) is 14.4. The van der Waals surface area contributed by atoms with Crippen LogP contribution in [-0.4, -0.2) is 30.9 Å². The van der Waals surface area contributed by atoms with Crippen molar-refractivity contribution in [2.24, 2.45) is 5.41 Å². The second-order valence-electron chi connectivity index (χ2n) is 10.5. The van der Waals surface area contributed by atoms with Gasteiger partial charge in [0.1, 0.15) is 11.6 Å². The second-order valence-corrected chi connectivity index (χ2v) is 10.5. The first-order valence-electron chi connectivity index (χ1n) is 12.9. The van der Waals surface area contributed by atoms with Gasteiger partial charge in [-0.25, -0.2) is 14.2 Å². The van der Waals surface area contributed by atoms with Gasteiger partial charge in [0.15, 0.2) is 5.82 Å². The molecule has 204 valence electrons. The van der Waals surface area contributed by atoms with E-state index in [9.17, 15) is 14.7 Å². The molecule has 9 heteroatoms. The van der Waals surface area contributed by atoms with Gasteiger partial charge in [-0.2, -0.15) is 0 Å². The molecule has 2 N–H and O–H groups in total. The van der Waals surface area contributed by atoms with E-state index in [4.69, 9.17) is 0 Å². The summed E-state index contributed by atoms with van der Waals surface area (Å²) >= 11 is 0. The monoisotopic (exact) mass is 524 g/mol. The summed E-state index contributed by atoms with van der Waals surface area (Å²) in [5.41, 5.74) is 2.64. The summed E-state index contributed by atoms with van der Waals surface area (Å²) in [7, 11) is 0. The molecule has 0 saturated heterocycles. The predicted octanol–water partition coefficient (Wildman–Crippen LogP) is 4.82. The number of hydrogen-bond donors (Lipinski definition) is 2. The van der Waals surface area contributed by atoms with Crippen molar-refractivity contribution in [1.82, 2.24) is 19.7 Å². The Morgan fingerprint density at radius 3 is 2.42 bits per heavy atom. The number of H-pyrrole nitrogens is 1. The fraction of sp³-hybridized carbons (Fsp3) is 0.448. The number of aliphatic hydroxyl groups excluding tert-OH is 1. The van der Waals surface area contributed by atoms with Crippen LogP contribution in [0.2, 0.25) is 0 Å². The first kappa shape index (κ1) is 29.0. The molecule has 2 aromatic heterocycles. The molecule has 1 atom stereocenters. The molecule has 0 radical (unpaired) electrons. The molecule has 0 saturated carbocycles. The van der Waals surface area contributed by atoms with Crippen molar-refractivity contribution < 1.29 is 14.0 Å². The van der Waals surface area contributed by atoms with Crippen LogP contribution in [0.1, 0.15) is 82.0 Å². The molecule has 3 aromatic rings. The smallest absolute Gasteiger partial charge is 0.391 e. The number of hydrogen-bond acceptors (Lipinski definition) is 6. The van der Waals surface area contributed by atoms with E-state index >= 15 is 4.39 Å². The van der Waals surface area contributed by atoms with Crippen LogP contribution in [0.3, 0.4) is 0 Å². The quantitative estimate of drug-likeness (QED) is 0.388. The summed E-state index contributed by atoms with van der Waals surface area (Å²) in [4.78, 5) is 32.3. The highest BCUT2D eigenvalue weighted by Gasteiger charge is 2.25. The zero-order chi connectivity index (χ0) is 28.2. The Morgan fingerprint density at radius 2 is 1.89 bits per heavy atom. The lowest BCUT2D eigenvalue weighted by Crippen LogP contribution is -2.38. The number of halogens is 1. The fourth-order valence-electron chi connectivity index (χ4n) is 4.33. The standard InChI is InChI=1S/C29H37FN4O4/c1-8-11-24-22(27(36)34(17(4)31-24)16-25(35)29(5,6)7)14-19-13-12-18(15-23(19)30)20(9-2)21(10-3)26-32-28(37)38-33-26/h9-10,12-13,15,25,35H,8,11,14,16H2,1-7H3,(H,32,33,37)/b20-9-,21-10+. The maximum atomic E-state index is 15.5. The lowest BCUT2D eigenvalue weighted by molar-refractivity contribution is 0.0463. The topological polar surface area (TPSA) is 114 Å². The van der Waals surface area contributed by atoms with E-state index in [-0.39, 0.29) is 24.3 Å². The van der Waals surface area contributed by atoms with E-state index in [1.54, 1.807) is 38.1 Å². The lowest BCUT2D eigenvalue weighted by atomic mass is 9.89. The molecule has 0 spiro atoms. The maximum Gasteiger partial charge on any atom is 0.439 e. The Balaban J connectivity index is 2.02. The van der Waals surface area contributed by atoms with Gasteiger partial charge in [-0.3, -0.25) is 18.9 Å². The Hall–Kier alpha value is -3.59. The van der Waals surface area contributed by atoms with Crippen LogP contribution >= 0.6 is 0 Å². The van der Waals surface area contributed by atoms with Crippen molar-refractivity contribution in [3.63, 3.8) is 0 Å². The molecule has 1 aromatic carbocycles. The molecule has 2 heterocycles. The van der Waals surface area contributed by atoms with Crippen LogP contribution < -0.4 is 11.3 Å². The van der Waals surface area contributed by atoms with Crippen molar-refractivity contribution in [3.05, 3.63) is 91.1 Å². The van der Waals surface area contributed by atoms with Gasteiger partial charge in [-0.15, -0.1) is 0 Å². The normalized spacial score (nSPS) is 13.7. The third-order valence-electron chi connectivity index (χ3n) is 6.68. The number of allylic oxidation sites excluding steroid dienone is 4. The van der Waals surface area contributed by atoms with Crippen LogP contribution in [0.25, 0.3) is 11.1 Å². The largest absolute Gasteiger partial charge is 0.439 e. The Labute approximate surface area is 221 Å². The first-order valence-corrected chi connectivity index (χ1v) is 12.9. The van der Waals surface area contributed by atoms with Crippen molar-refractivity contribution in [2.75, 3.05) is 0 Å². The Bertz CT molecular complexity index is 1470. The van der Waals surface area contributed by atoms with Gasteiger partial charge in [-0.1, -0.05) is 63.6 Å². The fourth-order valence-corrected chi connectivity index (χ4v) is 4.33. The molecular weight excluding hydrogens is 487 g/mol. The van der Waals surface area contributed by atoms with Crippen molar-refractivity contribution in [2.45, 2.75) is 80.4 Å². The van der Waals surface area contributed by atoms with Crippen LogP contribution in [-0.2, 0) is 19.4 Å². The minimum atomic E-state index is -0.749. The summed E-state index contributed by atoms with van der Waals surface area (Å²) in [6.07, 6.45) is 4.28. The van der Waals surface area contributed by atoms with Gasteiger partial charge >= 0.3 is 5.76 Å². The van der Waals surface area contributed by atoms with Gasteiger partial charge in [0.25, 0.3) is 5.56 Å².